The largest absolute Gasteiger partial charge is 0.332 e. The van der Waals surface area contributed by atoms with Crippen LogP contribution in [0.5, 0.6) is 0 Å². The maximum Gasteiger partial charge on any atom is 0.332 e. The van der Waals surface area contributed by atoms with Crippen molar-refractivity contribution in [2.45, 2.75) is 38.1 Å². The molecular formula is C25H21ClFN5O3S2. The molecule has 2 aromatic carbocycles. The van der Waals surface area contributed by atoms with E-state index in [2.05, 4.69) is 22.4 Å². The second kappa shape index (κ2) is 9.47. The van der Waals surface area contributed by atoms with Crippen LogP contribution in [0, 0.1) is 20.8 Å². The van der Waals surface area contributed by atoms with Gasteiger partial charge < -0.3 is 5.32 Å². The van der Waals surface area contributed by atoms with Crippen LogP contribution in [-0.4, -0.2) is 34.8 Å². The van der Waals surface area contributed by atoms with Crippen LogP contribution in [0.25, 0.3) is 5.00 Å². The molecule has 1 aliphatic heterocycles. The first kappa shape index (κ1) is 25.2. The summed E-state index contributed by atoms with van der Waals surface area (Å²) in [5.41, 5.74) is 3.96. The highest BCUT2D eigenvalue weighted by Gasteiger charge is 2.32. The van der Waals surface area contributed by atoms with E-state index < -0.39 is 21.2 Å². The van der Waals surface area contributed by atoms with Crippen molar-refractivity contribution in [2.75, 3.05) is 5.32 Å². The summed E-state index contributed by atoms with van der Waals surface area (Å²) in [6.07, 6.45) is -0.0502. The Labute approximate surface area is 222 Å². The van der Waals surface area contributed by atoms with Crippen LogP contribution in [0.15, 0.2) is 58.4 Å². The van der Waals surface area contributed by atoms with Crippen LogP contribution in [-0.2, 0) is 15.0 Å². The number of nitrogens with zero attached hydrogens (tertiary/aromatic N) is 4. The Kier molecular flexibility index (Phi) is 6.47. The fourth-order valence-corrected chi connectivity index (χ4v) is 6.02. The second-order valence-corrected chi connectivity index (χ2v) is 11.6. The van der Waals surface area contributed by atoms with Gasteiger partial charge in [0, 0.05) is 26.7 Å². The molecule has 8 nitrogen and oxygen atoms in total. The molecule has 1 amide bonds. The zero-order valence-corrected chi connectivity index (χ0v) is 22.4. The summed E-state index contributed by atoms with van der Waals surface area (Å²) < 4.78 is 37.3. The average Bonchev–Trinajstić information content (AvgIpc) is 3.31. The number of aromatic nitrogens is 3. The maximum absolute atomic E-state index is 13.2. The lowest BCUT2D eigenvalue weighted by molar-refractivity contribution is -0.116. The minimum atomic E-state index is -4.82. The van der Waals surface area contributed by atoms with Gasteiger partial charge in [-0.3, -0.25) is 14.4 Å². The first-order valence-electron chi connectivity index (χ1n) is 11.2. The zero-order chi connectivity index (χ0) is 26.5. The highest BCUT2D eigenvalue weighted by atomic mass is 35.5. The van der Waals surface area contributed by atoms with Crippen molar-refractivity contribution < 1.29 is 17.1 Å². The average molecular weight is 558 g/mol. The van der Waals surface area contributed by atoms with Crippen molar-refractivity contribution in [1.29, 1.82) is 0 Å². The van der Waals surface area contributed by atoms with Crippen molar-refractivity contribution in [2.24, 2.45) is 4.99 Å². The molecule has 0 saturated carbocycles. The Balaban J connectivity index is 1.55. The van der Waals surface area contributed by atoms with Crippen molar-refractivity contribution in [1.82, 2.24) is 14.8 Å². The zero-order valence-electron chi connectivity index (χ0n) is 20.0. The van der Waals surface area contributed by atoms with E-state index in [9.17, 15) is 17.1 Å². The van der Waals surface area contributed by atoms with Crippen molar-refractivity contribution in [3.63, 3.8) is 0 Å². The molecule has 0 aliphatic carbocycles. The van der Waals surface area contributed by atoms with E-state index in [4.69, 9.17) is 16.6 Å². The van der Waals surface area contributed by atoms with Crippen molar-refractivity contribution in [3.8, 4) is 5.00 Å². The highest BCUT2D eigenvalue weighted by Crippen LogP contribution is 2.39. The normalized spacial score (nSPS) is 14.9. The van der Waals surface area contributed by atoms with E-state index in [0.29, 0.717) is 22.4 Å². The monoisotopic (exact) mass is 557 g/mol. The molecule has 1 aliphatic rings. The van der Waals surface area contributed by atoms with Gasteiger partial charge in [0.1, 0.15) is 16.9 Å². The van der Waals surface area contributed by atoms with Gasteiger partial charge in [-0.2, -0.15) is 8.42 Å². The summed E-state index contributed by atoms with van der Waals surface area (Å²) in [6, 6.07) is 11.6. The lowest BCUT2D eigenvalue weighted by atomic mass is 9.99. The van der Waals surface area contributed by atoms with Gasteiger partial charge in [-0.25, -0.2) is 0 Å². The summed E-state index contributed by atoms with van der Waals surface area (Å²) >= 11 is 7.75. The third-order valence-electron chi connectivity index (χ3n) is 6.16. The molecular weight excluding hydrogens is 537 g/mol. The third kappa shape index (κ3) is 4.81. The number of aliphatic imine (C=N–C) groups is 1. The smallest absolute Gasteiger partial charge is 0.326 e. The minimum absolute atomic E-state index is 0.0502. The summed E-state index contributed by atoms with van der Waals surface area (Å²) in [4.78, 5) is 18.8. The number of amides is 1. The van der Waals surface area contributed by atoms with Crippen LogP contribution in [0.2, 0.25) is 5.02 Å². The van der Waals surface area contributed by atoms with Crippen LogP contribution in [0.3, 0.4) is 0 Å². The Morgan fingerprint density at radius 1 is 1.08 bits per heavy atom. The number of halogens is 2. The van der Waals surface area contributed by atoms with Gasteiger partial charge in [0.05, 0.1) is 17.0 Å². The first-order chi connectivity index (χ1) is 17.5. The van der Waals surface area contributed by atoms with Crippen LogP contribution in [0.1, 0.15) is 45.7 Å². The molecule has 1 N–H and O–H groups in total. The number of aryl methyl sites for hydroxylation is 2. The van der Waals surface area contributed by atoms with E-state index in [-0.39, 0.29) is 12.3 Å². The molecule has 4 aromatic rings. The number of thiophene rings is 1. The number of hydrogen-bond acceptors (Lipinski definition) is 7. The van der Waals surface area contributed by atoms with Gasteiger partial charge in [0.15, 0.2) is 5.82 Å². The molecule has 2 aromatic heterocycles. The standard InChI is InChI=1S/C25H21ClFN5O3S2/c1-13-14(2)36-25-22(13)23(16-4-6-17(26)7-5-16)29-20(24-31-30-15(3)32(24)25)12-21(33)28-18-8-10-19(11-9-18)37(27,34)35/h4-11,20H,12H2,1-3H3,(H,28,33)/t20-/m0/s1. The number of fused-ring (bicyclic) bond motifs is 3. The predicted molar refractivity (Wildman–Crippen MR) is 141 cm³/mol. The van der Waals surface area contributed by atoms with Gasteiger partial charge in [-0.05, 0) is 62.7 Å². The molecule has 190 valence electrons. The topological polar surface area (TPSA) is 106 Å². The molecule has 0 fully saturated rings. The van der Waals surface area contributed by atoms with E-state index >= 15 is 0 Å². The first-order valence-corrected chi connectivity index (χ1v) is 13.8. The molecule has 3 heterocycles. The molecule has 1 atom stereocenters. The van der Waals surface area contributed by atoms with Gasteiger partial charge in [0.2, 0.25) is 5.91 Å². The summed E-state index contributed by atoms with van der Waals surface area (Å²) in [5.74, 6) is 0.849. The maximum atomic E-state index is 13.2. The van der Waals surface area contributed by atoms with Crippen molar-refractivity contribution >= 4 is 50.5 Å². The number of rotatable bonds is 5. The van der Waals surface area contributed by atoms with E-state index in [0.717, 1.165) is 44.4 Å². The molecule has 0 spiro atoms. The van der Waals surface area contributed by atoms with Gasteiger partial charge >= 0.3 is 10.2 Å². The van der Waals surface area contributed by atoms with Crippen molar-refractivity contribution in [3.05, 3.63) is 86.8 Å². The summed E-state index contributed by atoms with van der Waals surface area (Å²) in [7, 11) is -4.82. The van der Waals surface area contributed by atoms with Gasteiger partial charge in [-0.15, -0.1) is 25.4 Å². The fraction of sp³-hybridized carbons (Fsp3) is 0.200. The molecule has 0 unspecified atom stereocenters. The summed E-state index contributed by atoms with van der Waals surface area (Å²) in [5, 5.41) is 12.9. The molecule has 12 heteroatoms. The lowest BCUT2D eigenvalue weighted by Crippen LogP contribution is -2.17. The van der Waals surface area contributed by atoms with Gasteiger partial charge in [-0.1, -0.05) is 23.7 Å². The van der Waals surface area contributed by atoms with E-state index in [1.54, 1.807) is 23.5 Å². The number of hydrogen-bond donors (Lipinski definition) is 1. The number of carbonyl (C=O) groups is 1. The Morgan fingerprint density at radius 3 is 2.41 bits per heavy atom. The number of benzene rings is 2. The van der Waals surface area contributed by atoms with Gasteiger partial charge in [0.25, 0.3) is 0 Å². The fourth-order valence-electron chi connectivity index (χ4n) is 4.22. The molecule has 0 radical (unpaired) electrons. The molecule has 37 heavy (non-hydrogen) atoms. The SMILES string of the molecule is Cc1sc2c(c1C)C(c1ccc(Cl)cc1)=N[C@@H](CC(=O)Nc1ccc(S(=O)(=O)F)cc1)c1nnc(C)n1-2. The predicted octanol–water partition coefficient (Wildman–Crippen LogP) is 5.49. The quantitative estimate of drug-likeness (QED) is 0.327. The van der Waals surface area contributed by atoms with E-state index in [1.165, 1.54) is 12.1 Å². The number of carbonyl (C=O) groups excluding carboxylic acids is 1. The van der Waals surface area contributed by atoms with E-state index in [1.807, 2.05) is 30.5 Å². The number of nitrogens with one attached hydrogen (secondary N) is 1. The van der Waals surface area contributed by atoms with Crippen LogP contribution in [0.4, 0.5) is 9.57 Å². The number of anilines is 1. The Morgan fingerprint density at radius 2 is 1.76 bits per heavy atom. The molecule has 5 rings (SSSR count). The highest BCUT2D eigenvalue weighted by molar-refractivity contribution is 7.86. The lowest BCUT2D eigenvalue weighted by Gasteiger charge is -2.13. The Bertz CT molecular complexity index is 1660. The summed E-state index contributed by atoms with van der Waals surface area (Å²) in [6.45, 7) is 5.96. The second-order valence-electron chi connectivity index (χ2n) is 8.62. The van der Waals surface area contributed by atoms with Crippen LogP contribution < -0.4 is 5.32 Å². The molecule has 0 saturated heterocycles. The third-order valence-corrected chi connectivity index (χ3v) is 8.44. The van der Waals surface area contributed by atoms with Crippen LogP contribution >= 0.6 is 22.9 Å². The molecule has 0 bridgehead atoms. The Hall–Kier alpha value is -3.41. The minimum Gasteiger partial charge on any atom is -0.326 e.